The number of halogens is 1. The molecule has 1 saturated heterocycles. The van der Waals surface area contributed by atoms with E-state index in [-0.39, 0.29) is 18.5 Å². The van der Waals surface area contributed by atoms with Crippen LogP contribution in [0.25, 0.3) is 0 Å². The molecule has 0 aromatic heterocycles. The molecular formula is C4H10ClNO. The van der Waals surface area contributed by atoms with Crippen LogP contribution in [0.5, 0.6) is 0 Å². The lowest BCUT2D eigenvalue weighted by molar-refractivity contribution is 0.0600. The second kappa shape index (κ2) is 3.24. The van der Waals surface area contributed by atoms with Crippen molar-refractivity contribution in [2.45, 2.75) is 6.10 Å². The van der Waals surface area contributed by atoms with Crippen LogP contribution in [0.2, 0.25) is 0 Å². The van der Waals surface area contributed by atoms with Gasteiger partial charge in [-0.1, -0.05) is 0 Å². The van der Waals surface area contributed by atoms with E-state index in [1.807, 2.05) is 0 Å². The maximum absolute atomic E-state index is 6.68. The van der Waals surface area contributed by atoms with Crippen molar-refractivity contribution in [3.05, 3.63) is 0 Å². The van der Waals surface area contributed by atoms with Gasteiger partial charge in [-0.15, -0.1) is 12.4 Å². The molecule has 7 heavy (non-hydrogen) atoms. The van der Waals surface area contributed by atoms with Crippen LogP contribution in [0.4, 0.5) is 0 Å². The van der Waals surface area contributed by atoms with E-state index < -0.39 is 7.04 Å². The molecule has 0 radical (unpaired) electrons. The molecule has 1 N–H and O–H groups in total. The highest BCUT2D eigenvalue weighted by Crippen LogP contribution is 1.92. The summed E-state index contributed by atoms with van der Waals surface area (Å²) in [5.74, 6) is 0. The highest BCUT2D eigenvalue weighted by atomic mass is 35.5. The maximum Gasteiger partial charge on any atom is 0.0819 e. The predicted octanol–water partition coefficient (Wildman–Crippen LogP) is 0.0264. The molecule has 0 aliphatic carbocycles. The summed E-state index contributed by atoms with van der Waals surface area (Å²) in [5, 5.41) is 2.91. The first kappa shape index (κ1) is 3.28. The van der Waals surface area contributed by atoms with E-state index in [0.29, 0.717) is 13.1 Å². The van der Waals surface area contributed by atoms with Gasteiger partial charge in [-0.25, -0.2) is 0 Å². The SMILES string of the molecule is Cl.[2H]C([2H])([2H])OC1CNC1. The quantitative estimate of drug-likeness (QED) is 0.535. The van der Waals surface area contributed by atoms with Crippen molar-refractivity contribution in [1.29, 1.82) is 0 Å². The summed E-state index contributed by atoms with van der Waals surface area (Å²) in [7, 11) is -2.22. The summed E-state index contributed by atoms with van der Waals surface area (Å²) in [4.78, 5) is 0. The van der Waals surface area contributed by atoms with Crippen molar-refractivity contribution in [3.63, 3.8) is 0 Å². The van der Waals surface area contributed by atoms with Gasteiger partial charge in [0.1, 0.15) is 0 Å². The van der Waals surface area contributed by atoms with Crippen LogP contribution in [0.1, 0.15) is 4.11 Å². The van der Waals surface area contributed by atoms with Crippen molar-refractivity contribution < 1.29 is 8.85 Å². The first-order chi connectivity index (χ1) is 4.08. The van der Waals surface area contributed by atoms with Crippen LogP contribution in [0.15, 0.2) is 0 Å². The van der Waals surface area contributed by atoms with E-state index in [2.05, 4.69) is 10.1 Å². The van der Waals surface area contributed by atoms with E-state index in [0.717, 1.165) is 0 Å². The topological polar surface area (TPSA) is 21.3 Å². The van der Waals surface area contributed by atoms with E-state index >= 15 is 0 Å². The molecule has 3 heteroatoms. The van der Waals surface area contributed by atoms with E-state index in [1.54, 1.807) is 0 Å². The van der Waals surface area contributed by atoms with Crippen LogP contribution >= 0.6 is 12.4 Å². The molecule has 1 aliphatic rings. The Balaban J connectivity index is 0.000000810. The van der Waals surface area contributed by atoms with Crippen molar-refractivity contribution in [2.24, 2.45) is 0 Å². The third-order valence-electron chi connectivity index (χ3n) is 0.911. The Labute approximate surface area is 53.9 Å². The zero-order valence-electron chi connectivity index (χ0n) is 6.81. The molecule has 0 amide bonds. The lowest BCUT2D eigenvalue weighted by atomic mass is 10.2. The molecule has 0 aromatic carbocycles. The molecule has 1 heterocycles. The molecule has 0 unspecified atom stereocenters. The Hall–Kier alpha value is 0.210. The number of hydrogen-bond acceptors (Lipinski definition) is 2. The molecule has 0 aromatic rings. The zero-order chi connectivity index (χ0) is 6.91. The molecule has 0 spiro atoms. The van der Waals surface area contributed by atoms with E-state index in [4.69, 9.17) is 4.11 Å². The van der Waals surface area contributed by atoms with Crippen LogP contribution in [0, 0.1) is 0 Å². The van der Waals surface area contributed by atoms with Gasteiger partial charge < -0.3 is 10.1 Å². The highest BCUT2D eigenvalue weighted by molar-refractivity contribution is 5.85. The van der Waals surface area contributed by atoms with Gasteiger partial charge in [-0.05, 0) is 0 Å². The number of nitrogens with one attached hydrogen (secondary N) is 1. The molecule has 0 bridgehead atoms. The van der Waals surface area contributed by atoms with Crippen LogP contribution in [-0.4, -0.2) is 26.2 Å². The minimum atomic E-state index is -2.22. The van der Waals surface area contributed by atoms with Crippen LogP contribution in [-0.2, 0) is 4.74 Å². The average molecular weight is 127 g/mol. The smallest absolute Gasteiger partial charge is 0.0819 e. The zero-order valence-corrected chi connectivity index (χ0v) is 4.62. The third kappa shape index (κ3) is 1.63. The van der Waals surface area contributed by atoms with Crippen molar-refractivity contribution in [2.75, 3.05) is 20.1 Å². The maximum atomic E-state index is 6.68. The molecule has 1 aliphatic heterocycles. The molecule has 0 atom stereocenters. The van der Waals surface area contributed by atoms with Crippen LogP contribution in [0.3, 0.4) is 0 Å². The molecule has 2 nitrogen and oxygen atoms in total. The van der Waals surface area contributed by atoms with Crippen LogP contribution < -0.4 is 5.32 Å². The summed E-state index contributed by atoms with van der Waals surface area (Å²) in [6.45, 7) is 1.33. The monoisotopic (exact) mass is 126 g/mol. The van der Waals surface area contributed by atoms with Gasteiger partial charge in [-0.2, -0.15) is 0 Å². The fourth-order valence-electron chi connectivity index (χ4n) is 0.346. The van der Waals surface area contributed by atoms with Gasteiger partial charge in [0.15, 0.2) is 0 Å². The summed E-state index contributed by atoms with van der Waals surface area (Å²) in [5.41, 5.74) is 0. The molecule has 1 fully saturated rings. The lowest BCUT2D eigenvalue weighted by Crippen LogP contribution is -2.47. The van der Waals surface area contributed by atoms with Gasteiger partial charge in [0.05, 0.1) is 10.2 Å². The highest BCUT2D eigenvalue weighted by Gasteiger charge is 2.13. The average Bonchev–Trinajstić information content (AvgIpc) is 1.53. The minimum absolute atomic E-state index is 0. The van der Waals surface area contributed by atoms with E-state index in [1.165, 1.54) is 0 Å². The van der Waals surface area contributed by atoms with Crippen molar-refractivity contribution in [1.82, 2.24) is 5.32 Å². The largest absolute Gasteiger partial charge is 0.379 e. The molecule has 0 saturated carbocycles. The van der Waals surface area contributed by atoms with Gasteiger partial charge in [0.25, 0.3) is 0 Å². The van der Waals surface area contributed by atoms with Crippen molar-refractivity contribution >= 4 is 12.4 Å². The number of ether oxygens (including phenoxy) is 1. The number of rotatable bonds is 1. The summed E-state index contributed by atoms with van der Waals surface area (Å²) < 4.78 is 24.7. The first-order valence-corrected chi connectivity index (χ1v) is 1.96. The van der Waals surface area contributed by atoms with Gasteiger partial charge in [-0.3, -0.25) is 0 Å². The Morgan fingerprint density at radius 2 is 2.57 bits per heavy atom. The second-order valence-electron chi connectivity index (χ2n) is 1.40. The van der Waals surface area contributed by atoms with E-state index in [9.17, 15) is 0 Å². The standard InChI is InChI=1S/C4H9NO.ClH/c1-6-4-2-5-3-4;/h4-5H,2-3H2,1H3;1H/i1D3;. The number of hydrogen-bond donors (Lipinski definition) is 1. The normalized spacial score (nSPS) is 28.3. The van der Waals surface area contributed by atoms with Gasteiger partial charge >= 0.3 is 0 Å². The van der Waals surface area contributed by atoms with Gasteiger partial charge in [0, 0.05) is 20.1 Å². The summed E-state index contributed by atoms with van der Waals surface area (Å²) in [6, 6.07) is 0. The number of methoxy groups -OCH3 is 1. The Bertz CT molecular complexity index is 103. The Kier molecular flexibility index (Phi) is 1.52. The Morgan fingerprint density at radius 1 is 1.86 bits per heavy atom. The lowest BCUT2D eigenvalue weighted by Gasteiger charge is -2.24. The summed E-state index contributed by atoms with van der Waals surface area (Å²) in [6.07, 6.45) is -0.0995. The predicted molar refractivity (Wildman–Crippen MR) is 30.9 cm³/mol. The Morgan fingerprint density at radius 3 is 2.71 bits per heavy atom. The molecule has 44 valence electrons. The third-order valence-corrected chi connectivity index (χ3v) is 0.911. The second-order valence-corrected chi connectivity index (χ2v) is 1.40. The molecular weight excluding hydrogens is 114 g/mol. The first-order valence-electron chi connectivity index (χ1n) is 3.46. The molecule has 1 rings (SSSR count). The minimum Gasteiger partial charge on any atom is -0.379 e. The summed E-state index contributed by atoms with van der Waals surface area (Å²) >= 11 is 0. The fourth-order valence-corrected chi connectivity index (χ4v) is 0.346. The fraction of sp³-hybridized carbons (Fsp3) is 1.00. The van der Waals surface area contributed by atoms with Crippen molar-refractivity contribution in [3.8, 4) is 0 Å². The van der Waals surface area contributed by atoms with Gasteiger partial charge in [0.2, 0.25) is 0 Å².